The number of unbranched alkanes of at least 4 members (excludes halogenated alkanes) is 1. The fourth-order valence-electron chi connectivity index (χ4n) is 6.28. The van der Waals surface area contributed by atoms with Crippen molar-refractivity contribution >= 4 is 48.7 Å². The van der Waals surface area contributed by atoms with Gasteiger partial charge in [-0.15, -0.1) is 0 Å². The van der Waals surface area contributed by atoms with Gasteiger partial charge in [-0.25, -0.2) is 0 Å². The lowest BCUT2D eigenvalue weighted by molar-refractivity contribution is 0.824. The van der Waals surface area contributed by atoms with E-state index in [0.29, 0.717) is 0 Å². The molecule has 0 N–H and O–H groups in total. The second-order valence-electron chi connectivity index (χ2n) is 11.0. The van der Waals surface area contributed by atoms with Gasteiger partial charge in [-0.05, 0) is 110 Å². The second-order valence-corrected chi connectivity index (χ2v) is 11.0. The molecule has 0 saturated carbocycles. The van der Waals surface area contributed by atoms with Crippen LogP contribution in [0.5, 0.6) is 0 Å². The number of hydrogen-bond donors (Lipinski definition) is 0. The van der Waals surface area contributed by atoms with Crippen LogP contribution in [0.3, 0.4) is 0 Å². The molecule has 0 aliphatic heterocycles. The van der Waals surface area contributed by atoms with Gasteiger partial charge >= 0.3 is 0 Å². The Morgan fingerprint density at radius 1 is 0.610 bits per heavy atom. The summed E-state index contributed by atoms with van der Waals surface area (Å²) in [5.74, 6) is 0. The van der Waals surface area contributed by atoms with E-state index in [0.717, 1.165) is 17.7 Å². The Morgan fingerprint density at radius 3 is 2.00 bits per heavy atom. The van der Waals surface area contributed by atoms with Gasteiger partial charge in [-0.2, -0.15) is 0 Å². The topological polar surface area (TPSA) is 12.9 Å². The van der Waals surface area contributed by atoms with Crippen molar-refractivity contribution in [3.05, 3.63) is 133 Å². The summed E-state index contributed by atoms with van der Waals surface area (Å²) in [5, 5.41) is 10.0. The predicted molar refractivity (Wildman–Crippen MR) is 178 cm³/mol. The normalized spacial score (nSPS) is 12.1. The molecule has 0 aliphatic carbocycles. The maximum absolute atomic E-state index is 4.76. The lowest BCUT2D eigenvalue weighted by Gasteiger charge is -2.16. The van der Waals surface area contributed by atoms with Crippen molar-refractivity contribution < 1.29 is 0 Å². The van der Waals surface area contributed by atoms with Crippen LogP contribution in [-0.4, -0.2) is 4.98 Å². The van der Waals surface area contributed by atoms with Crippen molar-refractivity contribution in [2.24, 2.45) is 0 Å². The molecule has 1 heteroatoms. The third kappa shape index (κ3) is 4.58. The summed E-state index contributed by atoms with van der Waals surface area (Å²) in [6.07, 6.45) is 7.71. The largest absolute Gasteiger partial charge is 0.256 e. The van der Waals surface area contributed by atoms with Gasteiger partial charge in [0.2, 0.25) is 0 Å². The molecule has 0 unspecified atom stereocenters. The van der Waals surface area contributed by atoms with Gasteiger partial charge in [0, 0.05) is 17.1 Å². The molecule has 7 rings (SSSR count). The van der Waals surface area contributed by atoms with E-state index in [9.17, 15) is 0 Å². The standard InChI is InChI=1S/C40H33N/c1-3-5-10-27(4-2)38-25-29-12-6-7-13-30(29)26-39(38)33-17-19-35-31(23-33)15-16-32-24-34(18-20-36(32)35)40-37-14-9-8-11-28(37)21-22-41-40/h4,6-9,11-26H,3,5,10H2,1-2H3/b27-4+. The summed E-state index contributed by atoms with van der Waals surface area (Å²) in [5.41, 5.74) is 7.55. The Bertz CT molecular complexity index is 2090. The molecule has 1 aromatic heterocycles. The van der Waals surface area contributed by atoms with Crippen LogP contribution in [0.25, 0.3) is 71.0 Å². The van der Waals surface area contributed by atoms with Crippen LogP contribution in [0.4, 0.5) is 0 Å². The number of rotatable bonds is 6. The van der Waals surface area contributed by atoms with E-state index in [-0.39, 0.29) is 0 Å². The molecular weight excluding hydrogens is 494 g/mol. The summed E-state index contributed by atoms with van der Waals surface area (Å²) < 4.78 is 0. The van der Waals surface area contributed by atoms with E-state index in [1.807, 2.05) is 6.20 Å². The molecule has 0 spiro atoms. The van der Waals surface area contributed by atoms with Crippen molar-refractivity contribution in [3.63, 3.8) is 0 Å². The Labute approximate surface area is 241 Å². The molecule has 7 aromatic rings. The molecule has 0 aliphatic rings. The van der Waals surface area contributed by atoms with Crippen molar-refractivity contribution in [3.8, 4) is 22.4 Å². The van der Waals surface area contributed by atoms with Crippen LogP contribution in [0.1, 0.15) is 38.7 Å². The van der Waals surface area contributed by atoms with Gasteiger partial charge in [0.1, 0.15) is 0 Å². The van der Waals surface area contributed by atoms with Crippen LogP contribution in [0.15, 0.2) is 128 Å². The summed E-state index contributed by atoms with van der Waals surface area (Å²) >= 11 is 0. The summed E-state index contributed by atoms with van der Waals surface area (Å²) in [7, 11) is 0. The number of fused-ring (bicyclic) bond motifs is 5. The first-order valence-electron chi connectivity index (χ1n) is 14.7. The minimum absolute atomic E-state index is 1.03. The molecule has 6 aromatic carbocycles. The average Bonchev–Trinajstić information content (AvgIpc) is 3.04. The van der Waals surface area contributed by atoms with E-state index in [1.54, 1.807) is 0 Å². The van der Waals surface area contributed by atoms with Gasteiger partial charge < -0.3 is 0 Å². The third-order valence-electron chi connectivity index (χ3n) is 8.47. The highest BCUT2D eigenvalue weighted by molar-refractivity contribution is 6.10. The highest BCUT2D eigenvalue weighted by Crippen LogP contribution is 2.38. The minimum atomic E-state index is 1.03. The van der Waals surface area contributed by atoms with Crippen LogP contribution in [-0.2, 0) is 0 Å². The minimum Gasteiger partial charge on any atom is -0.256 e. The zero-order chi connectivity index (χ0) is 27.8. The number of allylic oxidation sites excluding steroid dienone is 2. The van der Waals surface area contributed by atoms with Crippen molar-refractivity contribution in [1.29, 1.82) is 0 Å². The number of pyridine rings is 1. The second kappa shape index (κ2) is 10.7. The molecule has 198 valence electrons. The monoisotopic (exact) mass is 527 g/mol. The smallest absolute Gasteiger partial charge is 0.0780 e. The van der Waals surface area contributed by atoms with Crippen LogP contribution in [0.2, 0.25) is 0 Å². The summed E-state index contributed by atoms with van der Waals surface area (Å²) in [4.78, 5) is 4.76. The van der Waals surface area contributed by atoms with E-state index in [4.69, 9.17) is 4.98 Å². The first-order valence-corrected chi connectivity index (χ1v) is 14.7. The summed E-state index contributed by atoms with van der Waals surface area (Å²) in [6.45, 7) is 4.45. The zero-order valence-electron chi connectivity index (χ0n) is 23.7. The predicted octanol–water partition coefficient (Wildman–Crippen LogP) is 11.6. The molecule has 1 nitrogen and oxygen atoms in total. The fraction of sp³-hybridized carbons (Fsp3) is 0.125. The van der Waals surface area contributed by atoms with Crippen molar-refractivity contribution in [2.45, 2.75) is 33.1 Å². The molecular formula is C40H33N. The van der Waals surface area contributed by atoms with Crippen LogP contribution < -0.4 is 0 Å². The van der Waals surface area contributed by atoms with Gasteiger partial charge in [-0.1, -0.05) is 104 Å². The number of aromatic nitrogens is 1. The van der Waals surface area contributed by atoms with Gasteiger partial charge in [0.15, 0.2) is 0 Å². The Balaban J connectivity index is 1.35. The average molecular weight is 528 g/mol. The van der Waals surface area contributed by atoms with Crippen molar-refractivity contribution in [1.82, 2.24) is 4.98 Å². The number of benzene rings is 6. The maximum Gasteiger partial charge on any atom is 0.0780 e. The molecule has 0 radical (unpaired) electrons. The zero-order valence-corrected chi connectivity index (χ0v) is 23.7. The van der Waals surface area contributed by atoms with E-state index >= 15 is 0 Å². The Kier molecular flexibility index (Phi) is 6.57. The van der Waals surface area contributed by atoms with Crippen LogP contribution >= 0.6 is 0 Å². The van der Waals surface area contributed by atoms with Crippen molar-refractivity contribution in [2.75, 3.05) is 0 Å². The molecule has 0 atom stereocenters. The molecule has 1 heterocycles. The first kappa shape index (κ1) is 25.2. The lowest BCUT2D eigenvalue weighted by atomic mass is 9.88. The van der Waals surface area contributed by atoms with E-state index < -0.39 is 0 Å². The molecule has 0 amide bonds. The quantitative estimate of drug-likeness (QED) is 0.196. The number of hydrogen-bond acceptors (Lipinski definition) is 1. The first-order chi connectivity index (χ1) is 20.2. The fourth-order valence-corrected chi connectivity index (χ4v) is 6.28. The van der Waals surface area contributed by atoms with Gasteiger partial charge in [0.05, 0.1) is 5.69 Å². The highest BCUT2D eigenvalue weighted by Gasteiger charge is 2.13. The summed E-state index contributed by atoms with van der Waals surface area (Å²) in [6, 6.07) is 42.3. The third-order valence-corrected chi connectivity index (χ3v) is 8.47. The van der Waals surface area contributed by atoms with Crippen LogP contribution in [0, 0.1) is 0 Å². The molecule has 0 bridgehead atoms. The SMILES string of the molecule is C/C=C(\CCCC)c1cc2ccccc2cc1-c1ccc2c(ccc3cc(-c4nccc5ccccc45)ccc32)c1. The maximum atomic E-state index is 4.76. The molecule has 0 fully saturated rings. The number of nitrogens with zero attached hydrogens (tertiary/aromatic N) is 1. The molecule has 0 saturated heterocycles. The molecule has 41 heavy (non-hydrogen) atoms. The Hall–Kier alpha value is -4.75. The highest BCUT2D eigenvalue weighted by atomic mass is 14.7. The van der Waals surface area contributed by atoms with Gasteiger partial charge in [-0.3, -0.25) is 4.98 Å². The van der Waals surface area contributed by atoms with E-state index in [2.05, 4.69) is 135 Å². The van der Waals surface area contributed by atoms with Gasteiger partial charge in [0.25, 0.3) is 0 Å². The van der Waals surface area contributed by atoms with E-state index in [1.165, 1.54) is 78.2 Å². The Morgan fingerprint density at radius 2 is 1.27 bits per heavy atom. The lowest BCUT2D eigenvalue weighted by Crippen LogP contribution is -1.92.